The van der Waals surface area contributed by atoms with Crippen LogP contribution in [0.1, 0.15) is 19.3 Å². The number of hydrogen-bond acceptors (Lipinski definition) is 5. The Morgan fingerprint density at radius 3 is 2.52 bits per heavy atom. The first-order valence-corrected chi connectivity index (χ1v) is 11.7. The quantitative estimate of drug-likeness (QED) is 0.724. The van der Waals surface area contributed by atoms with Gasteiger partial charge in [0.25, 0.3) is 0 Å². The van der Waals surface area contributed by atoms with Gasteiger partial charge in [0.05, 0.1) is 4.90 Å². The van der Waals surface area contributed by atoms with Gasteiger partial charge in [0.2, 0.25) is 15.9 Å². The maximum Gasteiger partial charge on any atom is 0.243 e. The normalized spacial score (nSPS) is 19.6. The van der Waals surface area contributed by atoms with Crippen LogP contribution in [-0.2, 0) is 14.8 Å². The molecule has 1 N–H and O–H groups in total. The third kappa shape index (κ3) is 4.26. The summed E-state index contributed by atoms with van der Waals surface area (Å²) in [4.78, 5) is 13.2. The molecule has 1 fully saturated rings. The highest BCUT2D eigenvalue weighted by atomic mass is 79.9. The molecule has 7 nitrogen and oxygen atoms in total. The van der Waals surface area contributed by atoms with E-state index in [4.69, 9.17) is 9.47 Å². The Morgan fingerprint density at radius 2 is 1.76 bits per heavy atom. The lowest BCUT2D eigenvalue weighted by Gasteiger charge is -2.33. The van der Waals surface area contributed by atoms with Crippen molar-refractivity contribution in [3.63, 3.8) is 0 Å². The van der Waals surface area contributed by atoms with Gasteiger partial charge in [-0.1, -0.05) is 22.4 Å². The first-order chi connectivity index (χ1) is 13.9. The SMILES string of the molecule is O=C(Nc1ccc2c(c1)OCCO2)[C@@H]1CCCCN1S(=O)(=O)c1ccc(Br)cc1. The molecule has 2 aliphatic heterocycles. The molecule has 0 unspecified atom stereocenters. The van der Waals surface area contributed by atoms with Crippen molar-refractivity contribution in [1.29, 1.82) is 0 Å². The van der Waals surface area contributed by atoms with Crippen LogP contribution in [0.3, 0.4) is 0 Å². The summed E-state index contributed by atoms with van der Waals surface area (Å²) in [6.45, 7) is 1.26. The van der Waals surface area contributed by atoms with Gasteiger partial charge in [-0.15, -0.1) is 0 Å². The highest BCUT2D eigenvalue weighted by Gasteiger charge is 2.37. The van der Waals surface area contributed by atoms with Crippen molar-refractivity contribution in [3.8, 4) is 11.5 Å². The Bertz CT molecular complexity index is 1010. The number of nitrogens with zero attached hydrogens (tertiary/aromatic N) is 1. The second-order valence-corrected chi connectivity index (χ2v) is 9.74. The summed E-state index contributed by atoms with van der Waals surface area (Å²) in [6.07, 6.45) is 2.00. The number of ether oxygens (including phenoxy) is 2. The number of halogens is 1. The summed E-state index contributed by atoms with van der Waals surface area (Å²) in [5.74, 6) is 0.852. The summed E-state index contributed by atoms with van der Waals surface area (Å²) in [5.41, 5.74) is 0.547. The average Bonchev–Trinajstić information content (AvgIpc) is 2.74. The van der Waals surface area contributed by atoms with Gasteiger partial charge < -0.3 is 14.8 Å². The van der Waals surface area contributed by atoms with Crippen molar-refractivity contribution in [2.45, 2.75) is 30.2 Å². The van der Waals surface area contributed by atoms with Gasteiger partial charge in [-0.3, -0.25) is 4.79 Å². The number of anilines is 1. The van der Waals surface area contributed by atoms with Crippen LogP contribution in [0, 0.1) is 0 Å². The van der Waals surface area contributed by atoms with Gasteiger partial charge in [-0.2, -0.15) is 4.31 Å². The number of benzene rings is 2. The minimum atomic E-state index is -3.77. The molecule has 0 bridgehead atoms. The highest BCUT2D eigenvalue weighted by molar-refractivity contribution is 9.10. The molecule has 1 amide bonds. The number of carbonyl (C=O) groups is 1. The molecule has 9 heteroatoms. The monoisotopic (exact) mass is 480 g/mol. The van der Waals surface area contributed by atoms with Crippen molar-refractivity contribution in [2.24, 2.45) is 0 Å². The fourth-order valence-electron chi connectivity index (χ4n) is 3.54. The molecule has 0 aromatic heterocycles. The largest absolute Gasteiger partial charge is 0.486 e. The smallest absolute Gasteiger partial charge is 0.243 e. The van der Waals surface area contributed by atoms with Gasteiger partial charge in [-0.05, 0) is 49.2 Å². The number of rotatable bonds is 4. The predicted molar refractivity (Wildman–Crippen MR) is 112 cm³/mol. The number of carbonyl (C=O) groups excluding carboxylic acids is 1. The Balaban J connectivity index is 1.55. The van der Waals surface area contributed by atoms with E-state index in [9.17, 15) is 13.2 Å². The van der Waals surface area contributed by atoms with Crippen LogP contribution in [0.15, 0.2) is 51.8 Å². The maximum absolute atomic E-state index is 13.2. The summed E-state index contributed by atoms with van der Waals surface area (Å²) in [6, 6.07) is 10.9. The van der Waals surface area contributed by atoms with Crippen LogP contribution < -0.4 is 14.8 Å². The summed E-state index contributed by atoms with van der Waals surface area (Å²) < 4.78 is 39.4. The zero-order chi connectivity index (χ0) is 20.4. The van der Waals surface area contributed by atoms with E-state index >= 15 is 0 Å². The molecule has 1 saturated heterocycles. The van der Waals surface area contributed by atoms with Crippen molar-refractivity contribution >= 4 is 37.5 Å². The van der Waals surface area contributed by atoms with Crippen molar-refractivity contribution in [1.82, 2.24) is 4.31 Å². The van der Waals surface area contributed by atoms with Crippen molar-refractivity contribution in [2.75, 3.05) is 25.1 Å². The van der Waals surface area contributed by atoms with Gasteiger partial charge in [0.15, 0.2) is 11.5 Å². The molecule has 4 rings (SSSR count). The van der Waals surface area contributed by atoms with Gasteiger partial charge in [-0.25, -0.2) is 8.42 Å². The molecule has 2 aromatic carbocycles. The Labute approximate surface area is 178 Å². The summed E-state index contributed by atoms with van der Waals surface area (Å²) in [7, 11) is -3.77. The van der Waals surface area contributed by atoms with E-state index in [1.807, 2.05) is 0 Å². The molecule has 0 saturated carbocycles. The maximum atomic E-state index is 13.2. The fraction of sp³-hybridized carbons (Fsp3) is 0.350. The summed E-state index contributed by atoms with van der Waals surface area (Å²) >= 11 is 3.31. The van der Waals surface area contributed by atoms with E-state index in [0.29, 0.717) is 43.4 Å². The third-order valence-corrected chi connectivity index (χ3v) is 7.44. The van der Waals surface area contributed by atoms with Gasteiger partial charge in [0.1, 0.15) is 19.3 Å². The van der Waals surface area contributed by atoms with E-state index in [1.165, 1.54) is 4.31 Å². The first kappa shape index (κ1) is 20.2. The number of hydrogen-bond donors (Lipinski definition) is 1. The average molecular weight is 481 g/mol. The lowest BCUT2D eigenvalue weighted by molar-refractivity contribution is -0.120. The molecule has 0 radical (unpaired) electrons. The van der Waals surface area contributed by atoms with Crippen LogP contribution in [0.2, 0.25) is 0 Å². The van der Waals surface area contributed by atoms with Gasteiger partial charge in [0, 0.05) is 22.8 Å². The van der Waals surface area contributed by atoms with Crippen LogP contribution in [-0.4, -0.2) is 44.4 Å². The third-order valence-electron chi connectivity index (χ3n) is 4.99. The van der Waals surface area contributed by atoms with Crippen LogP contribution in [0.4, 0.5) is 5.69 Å². The van der Waals surface area contributed by atoms with E-state index < -0.39 is 16.1 Å². The van der Waals surface area contributed by atoms with Crippen LogP contribution >= 0.6 is 15.9 Å². The second-order valence-electron chi connectivity index (χ2n) is 6.93. The van der Waals surface area contributed by atoms with E-state index in [1.54, 1.807) is 42.5 Å². The molecule has 0 aliphatic carbocycles. The molecule has 1 atom stereocenters. The van der Waals surface area contributed by atoms with Crippen LogP contribution in [0.25, 0.3) is 0 Å². The molecule has 2 aromatic rings. The van der Waals surface area contributed by atoms with E-state index in [2.05, 4.69) is 21.2 Å². The van der Waals surface area contributed by atoms with Crippen LogP contribution in [0.5, 0.6) is 11.5 Å². The highest BCUT2D eigenvalue weighted by Crippen LogP contribution is 2.33. The van der Waals surface area contributed by atoms with E-state index in [0.717, 1.165) is 17.3 Å². The van der Waals surface area contributed by atoms with Crippen molar-refractivity contribution < 1.29 is 22.7 Å². The lowest BCUT2D eigenvalue weighted by atomic mass is 10.0. The number of amides is 1. The number of nitrogens with one attached hydrogen (secondary N) is 1. The summed E-state index contributed by atoms with van der Waals surface area (Å²) in [5, 5.41) is 2.84. The first-order valence-electron chi connectivity index (χ1n) is 9.43. The molecule has 0 spiro atoms. The molecule has 154 valence electrons. The molecular weight excluding hydrogens is 460 g/mol. The lowest BCUT2D eigenvalue weighted by Crippen LogP contribution is -2.49. The minimum absolute atomic E-state index is 0.180. The molecular formula is C20H21BrN2O5S. The topological polar surface area (TPSA) is 84.9 Å². The molecule has 2 aliphatic rings. The molecule has 2 heterocycles. The molecule has 29 heavy (non-hydrogen) atoms. The minimum Gasteiger partial charge on any atom is -0.486 e. The predicted octanol–water partition coefficient (Wildman–Crippen LogP) is 3.40. The Morgan fingerprint density at radius 1 is 1.03 bits per heavy atom. The number of sulfonamides is 1. The standard InChI is InChI=1S/C20H21BrN2O5S/c21-14-4-7-16(8-5-14)29(25,26)23-10-2-1-3-17(23)20(24)22-15-6-9-18-19(13-15)28-12-11-27-18/h4-9,13,17H,1-3,10-12H2,(H,22,24)/t17-/m0/s1. The Kier molecular flexibility index (Phi) is 5.80. The van der Waals surface area contributed by atoms with Crippen molar-refractivity contribution in [3.05, 3.63) is 46.9 Å². The van der Waals surface area contributed by atoms with Gasteiger partial charge >= 0.3 is 0 Å². The zero-order valence-electron chi connectivity index (χ0n) is 15.6. The fourth-order valence-corrected chi connectivity index (χ4v) is 5.46. The zero-order valence-corrected chi connectivity index (χ0v) is 18.0. The second kappa shape index (κ2) is 8.33. The van der Waals surface area contributed by atoms with E-state index in [-0.39, 0.29) is 10.8 Å². The Hall–Kier alpha value is -2.10. The number of piperidine rings is 1. The number of fused-ring (bicyclic) bond motifs is 1.